The van der Waals surface area contributed by atoms with E-state index in [1.807, 2.05) is 26.0 Å². The van der Waals surface area contributed by atoms with Crippen molar-refractivity contribution < 1.29 is 13.6 Å². The Morgan fingerprint density at radius 2 is 2.00 bits per heavy atom. The first-order valence-electron chi connectivity index (χ1n) is 5.92. The molecule has 0 radical (unpaired) electrons. The van der Waals surface area contributed by atoms with Crippen LogP contribution in [0.4, 0.5) is 0 Å². The summed E-state index contributed by atoms with van der Waals surface area (Å²) in [4.78, 5) is 1.16. The molecule has 0 saturated heterocycles. The Bertz CT molecular complexity index is 389. The molecule has 18 heavy (non-hydrogen) atoms. The highest BCUT2D eigenvalue weighted by Gasteiger charge is 2.22. The normalized spacial score (nSPS) is 11.9. The highest BCUT2D eigenvalue weighted by Crippen LogP contribution is 2.47. The second kappa shape index (κ2) is 8.31. The maximum atomic E-state index is 12.1. The largest absolute Gasteiger partial charge is 0.331 e. The van der Waals surface area contributed by atoms with Gasteiger partial charge < -0.3 is 14.4 Å². The van der Waals surface area contributed by atoms with E-state index in [1.54, 1.807) is 0 Å². The van der Waals surface area contributed by atoms with E-state index in [0.717, 1.165) is 15.8 Å². The maximum absolute atomic E-state index is 12.1. The van der Waals surface area contributed by atoms with E-state index < -0.39 is 7.60 Å². The molecule has 0 aliphatic carbocycles. The van der Waals surface area contributed by atoms with Gasteiger partial charge in [0, 0.05) is 18.0 Å². The zero-order valence-electron chi connectivity index (χ0n) is 10.6. The maximum Gasteiger partial charge on any atom is 0.331 e. The van der Waals surface area contributed by atoms with Gasteiger partial charge in [-0.15, -0.1) is 11.3 Å². The first-order valence-corrected chi connectivity index (χ1v) is 8.85. The third kappa shape index (κ3) is 5.83. The summed E-state index contributed by atoms with van der Waals surface area (Å²) in [6.45, 7) is 5.73. The number of halogens is 1. The van der Waals surface area contributed by atoms with Gasteiger partial charge in [-0.1, -0.05) is 11.6 Å². The van der Waals surface area contributed by atoms with Crippen LogP contribution in [-0.4, -0.2) is 25.9 Å². The van der Waals surface area contributed by atoms with Gasteiger partial charge in [0.25, 0.3) is 0 Å². The third-order valence-corrected chi connectivity index (χ3v) is 5.45. The molecule has 0 amide bonds. The van der Waals surface area contributed by atoms with E-state index >= 15 is 0 Å². The molecule has 0 bridgehead atoms. The van der Waals surface area contributed by atoms with Crippen molar-refractivity contribution in [2.45, 2.75) is 20.4 Å². The Hall–Kier alpha value is 0.100. The topological polar surface area (TPSA) is 47.6 Å². The molecule has 0 aliphatic rings. The average molecular weight is 312 g/mol. The van der Waals surface area contributed by atoms with Crippen molar-refractivity contribution in [3.05, 3.63) is 21.3 Å². The lowest BCUT2D eigenvalue weighted by Gasteiger charge is -2.16. The first kappa shape index (κ1) is 16.2. The summed E-state index contributed by atoms with van der Waals surface area (Å²) in [5.41, 5.74) is 0. The summed E-state index contributed by atoms with van der Waals surface area (Å²) in [6, 6.07) is 3.85. The second-order valence-corrected chi connectivity index (χ2v) is 7.54. The molecule has 0 fully saturated rings. The number of hydrogen-bond donors (Lipinski definition) is 1. The van der Waals surface area contributed by atoms with Crippen LogP contribution in [0.15, 0.2) is 12.1 Å². The van der Waals surface area contributed by atoms with Gasteiger partial charge >= 0.3 is 7.60 Å². The Morgan fingerprint density at radius 3 is 2.50 bits per heavy atom. The van der Waals surface area contributed by atoms with E-state index in [0.29, 0.717) is 25.9 Å². The van der Waals surface area contributed by atoms with Crippen LogP contribution < -0.4 is 5.32 Å². The summed E-state index contributed by atoms with van der Waals surface area (Å²) in [5, 5.41) is 3.21. The third-order valence-electron chi connectivity index (χ3n) is 2.14. The van der Waals surface area contributed by atoms with Crippen LogP contribution >= 0.6 is 30.5 Å². The SMILES string of the molecule is CCOP(=O)(CCNCc1ccc(Cl)s1)OCC. The van der Waals surface area contributed by atoms with Gasteiger partial charge in [-0.3, -0.25) is 4.57 Å². The quantitative estimate of drug-likeness (QED) is 0.557. The van der Waals surface area contributed by atoms with Crippen molar-refractivity contribution in [2.24, 2.45) is 0 Å². The second-order valence-electron chi connectivity index (χ2n) is 3.55. The van der Waals surface area contributed by atoms with Gasteiger partial charge in [0.1, 0.15) is 0 Å². The Labute approximate surface area is 117 Å². The highest BCUT2D eigenvalue weighted by molar-refractivity contribution is 7.53. The Morgan fingerprint density at radius 1 is 1.33 bits per heavy atom. The first-order chi connectivity index (χ1) is 8.59. The smallest absolute Gasteiger partial charge is 0.311 e. The fourth-order valence-corrected chi connectivity index (χ4v) is 4.04. The standard InChI is InChI=1S/C11H19ClNO3PS/c1-3-15-17(14,16-4-2)8-7-13-9-10-5-6-11(12)18-10/h5-6,13H,3-4,7-9H2,1-2H3. The van der Waals surface area contributed by atoms with E-state index in [1.165, 1.54) is 11.3 Å². The van der Waals surface area contributed by atoms with E-state index in [9.17, 15) is 4.57 Å². The summed E-state index contributed by atoms with van der Waals surface area (Å²) < 4.78 is 23.3. The van der Waals surface area contributed by atoms with Crippen molar-refractivity contribution in [3.8, 4) is 0 Å². The molecule has 7 heteroatoms. The highest BCUT2D eigenvalue weighted by atomic mass is 35.5. The van der Waals surface area contributed by atoms with E-state index in [-0.39, 0.29) is 0 Å². The molecule has 1 rings (SSSR count). The average Bonchev–Trinajstić information content (AvgIpc) is 2.71. The molecule has 1 aromatic rings. The molecule has 1 aromatic heterocycles. The van der Waals surface area contributed by atoms with Crippen molar-refractivity contribution in [3.63, 3.8) is 0 Å². The zero-order valence-corrected chi connectivity index (χ0v) is 13.1. The molecule has 0 unspecified atom stereocenters. The zero-order chi connectivity index (χ0) is 13.4. The van der Waals surface area contributed by atoms with Gasteiger partial charge in [0.2, 0.25) is 0 Å². The molecule has 0 spiro atoms. The van der Waals surface area contributed by atoms with Gasteiger partial charge in [-0.25, -0.2) is 0 Å². The predicted molar refractivity (Wildman–Crippen MR) is 76.8 cm³/mol. The molecule has 0 saturated carbocycles. The van der Waals surface area contributed by atoms with Crippen LogP contribution in [0.25, 0.3) is 0 Å². The van der Waals surface area contributed by atoms with Crippen molar-refractivity contribution in [2.75, 3.05) is 25.9 Å². The fraction of sp³-hybridized carbons (Fsp3) is 0.636. The van der Waals surface area contributed by atoms with Gasteiger partial charge in [0.05, 0.1) is 23.7 Å². The van der Waals surface area contributed by atoms with Crippen molar-refractivity contribution in [1.29, 1.82) is 0 Å². The van der Waals surface area contributed by atoms with E-state index in [4.69, 9.17) is 20.6 Å². The molecule has 104 valence electrons. The van der Waals surface area contributed by atoms with Crippen LogP contribution in [0.5, 0.6) is 0 Å². The van der Waals surface area contributed by atoms with Crippen LogP contribution in [0, 0.1) is 0 Å². The molecule has 0 aliphatic heterocycles. The lowest BCUT2D eigenvalue weighted by Crippen LogP contribution is -2.18. The fourth-order valence-electron chi connectivity index (χ4n) is 1.43. The summed E-state index contributed by atoms with van der Waals surface area (Å²) in [6.07, 6.45) is 0.383. The van der Waals surface area contributed by atoms with Gasteiger partial charge in [-0.05, 0) is 26.0 Å². The molecular formula is C11H19ClNO3PS. The number of nitrogens with one attached hydrogen (secondary N) is 1. The van der Waals surface area contributed by atoms with Gasteiger partial charge in [-0.2, -0.15) is 0 Å². The minimum atomic E-state index is -2.92. The minimum absolute atomic E-state index is 0.383. The number of thiophene rings is 1. The van der Waals surface area contributed by atoms with Crippen LogP contribution in [0.2, 0.25) is 4.34 Å². The number of rotatable bonds is 9. The summed E-state index contributed by atoms with van der Waals surface area (Å²) in [5.74, 6) is 0. The monoisotopic (exact) mass is 311 g/mol. The lowest BCUT2D eigenvalue weighted by atomic mass is 10.4. The molecule has 4 nitrogen and oxygen atoms in total. The predicted octanol–water partition coefficient (Wildman–Crippen LogP) is 3.76. The number of hydrogen-bond acceptors (Lipinski definition) is 5. The summed E-state index contributed by atoms with van der Waals surface area (Å²) >= 11 is 7.37. The molecule has 0 atom stereocenters. The lowest BCUT2D eigenvalue weighted by molar-refractivity contribution is 0.220. The summed E-state index contributed by atoms with van der Waals surface area (Å²) in [7, 11) is -2.92. The molecule has 1 N–H and O–H groups in total. The van der Waals surface area contributed by atoms with Crippen LogP contribution in [0.3, 0.4) is 0 Å². The van der Waals surface area contributed by atoms with Gasteiger partial charge in [0.15, 0.2) is 0 Å². The molecular weight excluding hydrogens is 293 g/mol. The van der Waals surface area contributed by atoms with Crippen molar-refractivity contribution >= 4 is 30.5 Å². The Balaban J connectivity index is 2.28. The molecule has 0 aromatic carbocycles. The van der Waals surface area contributed by atoms with E-state index in [2.05, 4.69) is 5.32 Å². The minimum Gasteiger partial charge on any atom is -0.311 e. The van der Waals surface area contributed by atoms with Crippen molar-refractivity contribution in [1.82, 2.24) is 5.32 Å². The molecule has 1 heterocycles. The van der Waals surface area contributed by atoms with Crippen LogP contribution in [0.1, 0.15) is 18.7 Å². The Kier molecular flexibility index (Phi) is 7.46. The van der Waals surface area contributed by atoms with Crippen LogP contribution in [-0.2, 0) is 20.2 Å².